The number of nitrogens with one attached hydrogen (secondary N) is 1. The van der Waals surface area contributed by atoms with Gasteiger partial charge in [-0.3, -0.25) is 9.59 Å². The summed E-state index contributed by atoms with van der Waals surface area (Å²) in [6, 6.07) is 17.5. The summed E-state index contributed by atoms with van der Waals surface area (Å²) in [6.45, 7) is 1.59. The number of benzene rings is 2. The summed E-state index contributed by atoms with van der Waals surface area (Å²) in [5.74, 6) is -0.277. The fraction of sp³-hybridized carbons (Fsp3) is 0.300. The maximum absolute atomic E-state index is 12.3. The Morgan fingerprint density at radius 2 is 1.88 bits per heavy atom. The third-order valence-electron chi connectivity index (χ3n) is 4.40. The van der Waals surface area contributed by atoms with E-state index in [1.165, 1.54) is 0 Å². The Morgan fingerprint density at radius 3 is 2.64 bits per heavy atom. The molecule has 1 aliphatic heterocycles. The largest absolute Gasteiger partial charge is 0.355 e. The number of nitrogens with zero attached hydrogens (tertiary/aromatic N) is 1. The molecule has 1 fully saturated rings. The molecule has 1 heterocycles. The summed E-state index contributed by atoms with van der Waals surface area (Å²) in [5.41, 5.74) is 2.17. The van der Waals surface area contributed by atoms with Crippen molar-refractivity contribution in [1.82, 2.24) is 10.2 Å². The van der Waals surface area contributed by atoms with Gasteiger partial charge in [-0.25, -0.2) is 0 Å². The highest BCUT2D eigenvalue weighted by Gasteiger charge is 2.33. The number of likely N-dealkylation sites (tertiary alicyclic amines) is 1. The average Bonchev–Trinajstić information content (AvgIpc) is 2.97. The molecule has 1 N–H and O–H groups in total. The summed E-state index contributed by atoms with van der Waals surface area (Å²) >= 11 is 5.96. The Kier molecular flexibility index (Phi) is 5.71. The van der Waals surface area contributed by atoms with E-state index in [0.29, 0.717) is 24.7 Å². The van der Waals surface area contributed by atoms with Crippen LogP contribution in [0.1, 0.15) is 17.5 Å². The summed E-state index contributed by atoms with van der Waals surface area (Å²) in [4.78, 5) is 26.2. The first-order valence-electron chi connectivity index (χ1n) is 8.45. The van der Waals surface area contributed by atoms with Crippen LogP contribution >= 0.6 is 11.6 Å². The number of hydrogen-bond donors (Lipinski definition) is 1. The molecule has 0 saturated carbocycles. The van der Waals surface area contributed by atoms with Crippen molar-refractivity contribution < 1.29 is 9.59 Å². The fourth-order valence-corrected chi connectivity index (χ4v) is 3.28. The third kappa shape index (κ3) is 4.83. The van der Waals surface area contributed by atoms with E-state index < -0.39 is 0 Å². The predicted octanol–water partition coefficient (Wildman–Crippen LogP) is 3.05. The molecule has 130 valence electrons. The van der Waals surface area contributed by atoms with Crippen molar-refractivity contribution in [2.24, 2.45) is 5.92 Å². The minimum atomic E-state index is -0.268. The molecular formula is C20H21ClN2O2. The van der Waals surface area contributed by atoms with Gasteiger partial charge in [0.2, 0.25) is 11.8 Å². The first-order chi connectivity index (χ1) is 12.1. The number of carbonyl (C=O) groups excluding carboxylic acids is 2. The Balaban J connectivity index is 1.47. The van der Waals surface area contributed by atoms with Gasteiger partial charge in [-0.2, -0.15) is 0 Å². The van der Waals surface area contributed by atoms with Crippen molar-refractivity contribution in [3.05, 3.63) is 70.7 Å². The summed E-state index contributed by atoms with van der Waals surface area (Å²) in [7, 11) is 0. The molecule has 0 aliphatic carbocycles. The molecular weight excluding hydrogens is 336 g/mol. The van der Waals surface area contributed by atoms with E-state index >= 15 is 0 Å². The van der Waals surface area contributed by atoms with Gasteiger partial charge in [-0.15, -0.1) is 0 Å². The van der Waals surface area contributed by atoms with Gasteiger partial charge in [0.1, 0.15) is 0 Å². The molecule has 0 radical (unpaired) electrons. The highest BCUT2D eigenvalue weighted by molar-refractivity contribution is 6.30. The molecule has 4 nitrogen and oxygen atoms in total. The van der Waals surface area contributed by atoms with Crippen LogP contribution in [-0.2, 0) is 22.6 Å². The zero-order valence-electron chi connectivity index (χ0n) is 14.0. The van der Waals surface area contributed by atoms with Crippen molar-refractivity contribution in [3.8, 4) is 0 Å². The zero-order chi connectivity index (χ0) is 17.6. The lowest BCUT2D eigenvalue weighted by Crippen LogP contribution is -2.34. The normalized spacial score (nSPS) is 16.9. The van der Waals surface area contributed by atoms with Gasteiger partial charge >= 0.3 is 0 Å². The van der Waals surface area contributed by atoms with E-state index in [4.69, 9.17) is 11.6 Å². The lowest BCUT2D eigenvalue weighted by molar-refractivity contribution is -0.129. The van der Waals surface area contributed by atoms with Crippen LogP contribution in [0.3, 0.4) is 0 Å². The fourth-order valence-electron chi connectivity index (χ4n) is 3.07. The SMILES string of the molecule is O=C(NCCc1cccc(Cl)c1)C1CC(=O)N(Cc2ccccc2)C1. The Morgan fingerprint density at radius 1 is 1.12 bits per heavy atom. The van der Waals surface area contributed by atoms with Crippen LogP contribution in [0.4, 0.5) is 0 Å². The van der Waals surface area contributed by atoms with Gasteiger partial charge in [0.15, 0.2) is 0 Å². The highest BCUT2D eigenvalue weighted by Crippen LogP contribution is 2.20. The molecule has 1 unspecified atom stereocenters. The molecule has 0 spiro atoms. The van der Waals surface area contributed by atoms with Gasteiger partial charge in [0.25, 0.3) is 0 Å². The molecule has 1 aliphatic rings. The van der Waals surface area contributed by atoms with E-state index in [-0.39, 0.29) is 24.2 Å². The maximum atomic E-state index is 12.3. The summed E-state index contributed by atoms with van der Waals surface area (Å²) in [5, 5.41) is 3.63. The lowest BCUT2D eigenvalue weighted by Gasteiger charge is -2.16. The summed E-state index contributed by atoms with van der Waals surface area (Å²) in [6.07, 6.45) is 1.01. The van der Waals surface area contributed by atoms with E-state index in [1.807, 2.05) is 54.6 Å². The Hall–Kier alpha value is -2.33. The second-order valence-electron chi connectivity index (χ2n) is 6.33. The van der Waals surface area contributed by atoms with E-state index in [2.05, 4.69) is 5.32 Å². The van der Waals surface area contributed by atoms with Crippen molar-refractivity contribution in [3.63, 3.8) is 0 Å². The first kappa shape index (κ1) is 17.5. The average molecular weight is 357 g/mol. The number of carbonyl (C=O) groups is 2. The summed E-state index contributed by atoms with van der Waals surface area (Å²) < 4.78 is 0. The third-order valence-corrected chi connectivity index (χ3v) is 4.64. The highest BCUT2D eigenvalue weighted by atomic mass is 35.5. The van der Waals surface area contributed by atoms with E-state index in [0.717, 1.165) is 17.5 Å². The minimum absolute atomic E-state index is 0.0406. The molecule has 1 saturated heterocycles. The second-order valence-corrected chi connectivity index (χ2v) is 6.77. The number of amides is 2. The van der Waals surface area contributed by atoms with Gasteiger partial charge < -0.3 is 10.2 Å². The molecule has 0 bridgehead atoms. The smallest absolute Gasteiger partial charge is 0.225 e. The molecule has 25 heavy (non-hydrogen) atoms. The molecule has 3 rings (SSSR count). The monoisotopic (exact) mass is 356 g/mol. The standard InChI is InChI=1S/C20H21ClN2O2/c21-18-8-4-7-15(11-18)9-10-22-20(25)17-12-19(24)23(14-17)13-16-5-2-1-3-6-16/h1-8,11,17H,9-10,12-14H2,(H,22,25). The van der Waals surface area contributed by atoms with E-state index in [1.54, 1.807) is 4.90 Å². The second kappa shape index (κ2) is 8.17. The van der Waals surface area contributed by atoms with Gasteiger partial charge in [-0.05, 0) is 29.7 Å². The van der Waals surface area contributed by atoms with Crippen molar-refractivity contribution in [2.45, 2.75) is 19.4 Å². The van der Waals surface area contributed by atoms with Crippen LogP contribution in [0.25, 0.3) is 0 Å². The van der Waals surface area contributed by atoms with Crippen molar-refractivity contribution in [1.29, 1.82) is 0 Å². The Bertz CT molecular complexity index is 748. The molecule has 2 aromatic rings. The molecule has 0 aromatic heterocycles. The minimum Gasteiger partial charge on any atom is -0.355 e. The predicted molar refractivity (Wildman–Crippen MR) is 98.1 cm³/mol. The van der Waals surface area contributed by atoms with Gasteiger partial charge in [0.05, 0.1) is 5.92 Å². The van der Waals surface area contributed by atoms with Crippen LogP contribution in [0, 0.1) is 5.92 Å². The maximum Gasteiger partial charge on any atom is 0.225 e. The molecule has 2 amide bonds. The van der Waals surface area contributed by atoms with Crippen LogP contribution in [0.5, 0.6) is 0 Å². The molecule has 1 atom stereocenters. The Labute approximate surface area is 152 Å². The number of hydrogen-bond acceptors (Lipinski definition) is 2. The number of halogens is 1. The molecule has 5 heteroatoms. The van der Waals surface area contributed by atoms with E-state index in [9.17, 15) is 9.59 Å². The molecule has 2 aromatic carbocycles. The first-order valence-corrected chi connectivity index (χ1v) is 8.83. The van der Waals surface area contributed by atoms with Crippen molar-refractivity contribution >= 4 is 23.4 Å². The van der Waals surface area contributed by atoms with Crippen LogP contribution in [0.2, 0.25) is 5.02 Å². The lowest BCUT2D eigenvalue weighted by atomic mass is 10.1. The van der Waals surface area contributed by atoms with Crippen molar-refractivity contribution in [2.75, 3.05) is 13.1 Å². The van der Waals surface area contributed by atoms with Gasteiger partial charge in [-0.1, -0.05) is 54.1 Å². The van der Waals surface area contributed by atoms with Gasteiger partial charge in [0, 0.05) is 31.1 Å². The number of rotatable bonds is 6. The zero-order valence-corrected chi connectivity index (χ0v) is 14.7. The van der Waals surface area contributed by atoms with Crippen LogP contribution < -0.4 is 5.32 Å². The van der Waals surface area contributed by atoms with Crippen LogP contribution in [0.15, 0.2) is 54.6 Å². The van der Waals surface area contributed by atoms with Crippen LogP contribution in [-0.4, -0.2) is 29.8 Å². The topological polar surface area (TPSA) is 49.4 Å². The quantitative estimate of drug-likeness (QED) is 0.864.